The summed E-state index contributed by atoms with van der Waals surface area (Å²) >= 11 is 6.08. The van der Waals surface area contributed by atoms with Crippen LogP contribution in [0.4, 0.5) is 20.2 Å². The lowest BCUT2D eigenvalue weighted by Gasteiger charge is -2.30. The number of alkyl halides is 2. The van der Waals surface area contributed by atoms with Gasteiger partial charge in [-0.1, -0.05) is 29.8 Å². The SMILES string of the molecule is O=C(/C=C/c1ccccc1OC(F)F)Nc1cc(Cl)ccc1N1CCOCC1. The number of nitrogens with zero attached hydrogens (tertiary/aromatic N) is 1. The minimum absolute atomic E-state index is 0.00156. The molecule has 1 fully saturated rings. The number of nitrogens with one attached hydrogen (secondary N) is 1. The number of para-hydroxylation sites is 1. The Labute approximate surface area is 166 Å². The summed E-state index contributed by atoms with van der Waals surface area (Å²) in [5.41, 5.74) is 1.79. The first-order chi connectivity index (χ1) is 13.5. The Kier molecular flexibility index (Phi) is 6.84. The highest BCUT2D eigenvalue weighted by Crippen LogP contribution is 2.30. The summed E-state index contributed by atoms with van der Waals surface area (Å²) in [5.74, 6) is -0.415. The molecule has 2 aromatic carbocycles. The highest BCUT2D eigenvalue weighted by molar-refractivity contribution is 6.31. The van der Waals surface area contributed by atoms with Crippen LogP contribution in [0.25, 0.3) is 6.08 Å². The van der Waals surface area contributed by atoms with E-state index in [0.29, 0.717) is 42.6 Å². The molecule has 148 valence electrons. The molecule has 0 saturated carbocycles. The predicted octanol–water partition coefficient (Wildman–Crippen LogP) is 4.43. The number of anilines is 2. The topological polar surface area (TPSA) is 50.8 Å². The number of hydrogen-bond acceptors (Lipinski definition) is 4. The minimum Gasteiger partial charge on any atom is -0.434 e. The first-order valence-electron chi connectivity index (χ1n) is 8.68. The van der Waals surface area contributed by atoms with E-state index in [2.05, 4.69) is 15.0 Å². The average Bonchev–Trinajstić information content (AvgIpc) is 2.68. The number of halogens is 3. The Hall–Kier alpha value is -2.64. The molecule has 3 rings (SSSR count). The molecule has 0 atom stereocenters. The smallest absolute Gasteiger partial charge is 0.387 e. The zero-order valence-electron chi connectivity index (χ0n) is 14.9. The van der Waals surface area contributed by atoms with E-state index < -0.39 is 12.5 Å². The van der Waals surface area contributed by atoms with Gasteiger partial charge in [0.05, 0.1) is 24.6 Å². The molecule has 1 aliphatic rings. The molecule has 28 heavy (non-hydrogen) atoms. The Balaban J connectivity index is 1.75. The van der Waals surface area contributed by atoms with Gasteiger partial charge < -0.3 is 19.7 Å². The summed E-state index contributed by atoms with van der Waals surface area (Å²) in [6, 6.07) is 11.5. The lowest BCUT2D eigenvalue weighted by atomic mass is 10.2. The summed E-state index contributed by atoms with van der Waals surface area (Å²) in [5, 5.41) is 3.29. The maximum Gasteiger partial charge on any atom is 0.387 e. The number of benzene rings is 2. The number of morpholine rings is 1. The fraction of sp³-hybridized carbons (Fsp3) is 0.250. The van der Waals surface area contributed by atoms with Crippen molar-refractivity contribution in [2.45, 2.75) is 6.61 Å². The van der Waals surface area contributed by atoms with E-state index in [9.17, 15) is 13.6 Å². The highest BCUT2D eigenvalue weighted by Gasteiger charge is 2.16. The Morgan fingerprint density at radius 2 is 1.96 bits per heavy atom. The number of rotatable bonds is 6. The normalized spacial score (nSPS) is 14.5. The van der Waals surface area contributed by atoms with Crippen molar-refractivity contribution in [2.75, 3.05) is 36.5 Å². The van der Waals surface area contributed by atoms with Crippen LogP contribution in [0.5, 0.6) is 5.75 Å². The van der Waals surface area contributed by atoms with Gasteiger partial charge in [0.15, 0.2) is 0 Å². The van der Waals surface area contributed by atoms with Gasteiger partial charge in [-0.15, -0.1) is 0 Å². The molecule has 2 aromatic rings. The minimum atomic E-state index is -2.94. The van der Waals surface area contributed by atoms with Gasteiger partial charge in [-0.05, 0) is 30.3 Å². The molecule has 1 heterocycles. The summed E-state index contributed by atoms with van der Waals surface area (Å²) in [6.07, 6.45) is 2.68. The van der Waals surface area contributed by atoms with Crippen molar-refractivity contribution in [3.63, 3.8) is 0 Å². The van der Waals surface area contributed by atoms with Crippen LogP contribution in [0.3, 0.4) is 0 Å². The van der Waals surface area contributed by atoms with Gasteiger partial charge in [-0.25, -0.2) is 0 Å². The predicted molar refractivity (Wildman–Crippen MR) is 105 cm³/mol. The zero-order chi connectivity index (χ0) is 19.9. The Morgan fingerprint density at radius 3 is 2.71 bits per heavy atom. The van der Waals surface area contributed by atoms with Crippen LogP contribution in [0.1, 0.15) is 5.56 Å². The zero-order valence-corrected chi connectivity index (χ0v) is 15.7. The molecule has 1 N–H and O–H groups in total. The van der Waals surface area contributed by atoms with Crippen molar-refractivity contribution in [1.29, 1.82) is 0 Å². The van der Waals surface area contributed by atoms with Crippen LogP contribution in [0.2, 0.25) is 5.02 Å². The van der Waals surface area contributed by atoms with E-state index in [4.69, 9.17) is 16.3 Å². The molecule has 1 saturated heterocycles. The number of ether oxygens (including phenoxy) is 2. The van der Waals surface area contributed by atoms with E-state index in [1.807, 2.05) is 6.07 Å². The van der Waals surface area contributed by atoms with Crippen LogP contribution in [-0.2, 0) is 9.53 Å². The molecule has 8 heteroatoms. The van der Waals surface area contributed by atoms with E-state index >= 15 is 0 Å². The van der Waals surface area contributed by atoms with Gasteiger partial charge in [0, 0.05) is 29.8 Å². The van der Waals surface area contributed by atoms with Gasteiger partial charge in [0.25, 0.3) is 0 Å². The third-order valence-electron chi connectivity index (χ3n) is 4.12. The van der Waals surface area contributed by atoms with E-state index in [-0.39, 0.29) is 5.75 Å². The quantitative estimate of drug-likeness (QED) is 0.718. The second-order valence-electron chi connectivity index (χ2n) is 6.00. The van der Waals surface area contributed by atoms with E-state index in [1.165, 1.54) is 18.2 Å². The maximum atomic E-state index is 12.5. The molecule has 1 aliphatic heterocycles. The lowest BCUT2D eigenvalue weighted by Crippen LogP contribution is -2.36. The number of amides is 1. The third-order valence-corrected chi connectivity index (χ3v) is 4.35. The summed E-state index contributed by atoms with van der Waals surface area (Å²) < 4.78 is 34.8. The molecular weight excluding hydrogens is 390 g/mol. The number of carbonyl (C=O) groups is 1. The largest absolute Gasteiger partial charge is 0.434 e. The Morgan fingerprint density at radius 1 is 1.21 bits per heavy atom. The molecule has 0 unspecified atom stereocenters. The van der Waals surface area contributed by atoms with Gasteiger partial charge in [-0.3, -0.25) is 4.79 Å². The average molecular weight is 409 g/mol. The van der Waals surface area contributed by atoms with Crippen LogP contribution in [-0.4, -0.2) is 38.8 Å². The van der Waals surface area contributed by atoms with Crippen LogP contribution in [0, 0.1) is 0 Å². The monoisotopic (exact) mass is 408 g/mol. The van der Waals surface area contributed by atoms with Crippen LogP contribution in [0.15, 0.2) is 48.5 Å². The summed E-state index contributed by atoms with van der Waals surface area (Å²) in [6.45, 7) is -0.309. The molecule has 0 aliphatic carbocycles. The molecular formula is C20H19ClF2N2O3. The molecule has 1 amide bonds. The van der Waals surface area contributed by atoms with Crippen molar-refractivity contribution >= 4 is 35.0 Å². The first-order valence-corrected chi connectivity index (χ1v) is 9.06. The molecule has 0 bridgehead atoms. The summed E-state index contributed by atoms with van der Waals surface area (Å²) in [7, 11) is 0. The van der Waals surface area contributed by atoms with Gasteiger partial charge in [0.2, 0.25) is 5.91 Å². The fourth-order valence-electron chi connectivity index (χ4n) is 2.85. The fourth-order valence-corrected chi connectivity index (χ4v) is 3.02. The molecule has 0 aromatic heterocycles. The van der Waals surface area contributed by atoms with Crippen molar-refractivity contribution in [1.82, 2.24) is 0 Å². The van der Waals surface area contributed by atoms with Gasteiger partial charge in [0.1, 0.15) is 5.75 Å². The second-order valence-corrected chi connectivity index (χ2v) is 6.44. The lowest BCUT2D eigenvalue weighted by molar-refractivity contribution is -0.111. The van der Waals surface area contributed by atoms with Crippen molar-refractivity contribution in [2.24, 2.45) is 0 Å². The van der Waals surface area contributed by atoms with Gasteiger partial charge >= 0.3 is 6.61 Å². The standard InChI is InChI=1S/C20H19ClF2N2O3/c21-15-6-7-17(25-9-11-27-12-10-25)16(13-15)24-19(26)8-5-14-3-1-2-4-18(14)28-20(22)23/h1-8,13,20H,9-12H2,(H,24,26)/b8-5+. The van der Waals surface area contributed by atoms with Crippen LogP contribution < -0.4 is 15.0 Å². The maximum absolute atomic E-state index is 12.5. The molecule has 0 radical (unpaired) electrons. The van der Waals surface area contributed by atoms with Crippen LogP contribution >= 0.6 is 11.6 Å². The van der Waals surface area contributed by atoms with Crippen molar-refractivity contribution < 1.29 is 23.0 Å². The first kappa shape index (κ1) is 20.1. The Bertz CT molecular complexity index is 855. The van der Waals surface area contributed by atoms with Crippen molar-refractivity contribution in [3.05, 3.63) is 59.1 Å². The van der Waals surface area contributed by atoms with E-state index in [1.54, 1.807) is 30.3 Å². The van der Waals surface area contributed by atoms with E-state index in [0.717, 1.165) is 5.69 Å². The van der Waals surface area contributed by atoms with Gasteiger partial charge in [-0.2, -0.15) is 8.78 Å². The highest BCUT2D eigenvalue weighted by atomic mass is 35.5. The molecule has 5 nitrogen and oxygen atoms in total. The van der Waals surface area contributed by atoms with Crippen molar-refractivity contribution in [3.8, 4) is 5.75 Å². The summed E-state index contributed by atoms with van der Waals surface area (Å²) in [4.78, 5) is 14.5. The number of carbonyl (C=O) groups excluding carboxylic acids is 1. The second kappa shape index (κ2) is 9.52. The number of hydrogen-bond donors (Lipinski definition) is 1. The third kappa shape index (κ3) is 5.43. The molecule has 0 spiro atoms.